The van der Waals surface area contributed by atoms with Gasteiger partial charge in [-0.2, -0.15) is 0 Å². The van der Waals surface area contributed by atoms with E-state index in [2.05, 4.69) is 30.4 Å². The van der Waals surface area contributed by atoms with Crippen LogP contribution in [0.3, 0.4) is 0 Å². The number of rotatable bonds is 8. The van der Waals surface area contributed by atoms with Crippen molar-refractivity contribution in [1.29, 1.82) is 0 Å². The number of piperidine rings is 1. The average molecular weight is 564 g/mol. The van der Waals surface area contributed by atoms with Crippen LogP contribution in [0, 0.1) is 5.41 Å². The van der Waals surface area contributed by atoms with Crippen molar-refractivity contribution < 1.29 is 37.7 Å². The van der Waals surface area contributed by atoms with E-state index in [4.69, 9.17) is 5.11 Å². The number of halogens is 3. The largest absolute Gasteiger partial charge is 0.573 e. The van der Waals surface area contributed by atoms with Crippen LogP contribution >= 0.6 is 0 Å². The van der Waals surface area contributed by atoms with E-state index in [0.717, 1.165) is 5.69 Å². The van der Waals surface area contributed by atoms with E-state index in [0.29, 0.717) is 50.0 Å². The molecule has 11 heteroatoms. The molecular formula is C29H36F3N3O5. The molecule has 1 atom stereocenters. The van der Waals surface area contributed by atoms with Crippen LogP contribution in [0.1, 0.15) is 51.2 Å². The number of amides is 1. The maximum atomic E-state index is 13.9. The summed E-state index contributed by atoms with van der Waals surface area (Å²) in [5.41, 5.74) is 1.16. The van der Waals surface area contributed by atoms with E-state index in [1.807, 2.05) is 18.2 Å². The van der Waals surface area contributed by atoms with Gasteiger partial charge in [-0.25, -0.2) is 4.90 Å². The van der Waals surface area contributed by atoms with Crippen molar-refractivity contribution in [2.75, 3.05) is 24.5 Å². The lowest BCUT2D eigenvalue weighted by molar-refractivity contribution is -0.274. The topological polar surface area (TPSA) is 93.6 Å². The molecule has 2 saturated heterocycles. The number of aliphatic hydroxyl groups excluding tert-OH is 1. The van der Waals surface area contributed by atoms with Gasteiger partial charge in [0.2, 0.25) is 5.91 Å². The molecule has 2 aromatic carbocycles. The van der Waals surface area contributed by atoms with Gasteiger partial charge in [0.1, 0.15) is 11.3 Å². The summed E-state index contributed by atoms with van der Waals surface area (Å²) in [6.45, 7) is 7.76. The Kier molecular flexibility index (Phi) is 8.37. The second-order valence-corrected chi connectivity index (χ2v) is 11.7. The third-order valence-corrected chi connectivity index (χ3v) is 7.60. The number of nitrogens with zero attached hydrogens (tertiary/aromatic N) is 3. The van der Waals surface area contributed by atoms with Crippen molar-refractivity contribution in [3.8, 4) is 5.75 Å². The molecule has 2 N–H and O–H groups in total. The van der Waals surface area contributed by atoms with Crippen LogP contribution in [0.15, 0.2) is 48.5 Å². The fourth-order valence-electron chi connectivity index (χ4n) is 5.46. The third kappa shape index (κ3) is 6.87. The predicted molar refractivity (Wildman–Crippen MR) is 142 cm³/mol. The smallest absolute Gasteiger partial charge is 0.481 e. The minimum atomic E-state index is -4.79. The number of alkyl halides is 3. The molecule has 4 rings (SSSR count). The molecule has 0 aromatic heterocycles. The van der Waals surface area contributed by atoms with E-state index in [1.165, 1.54) is 29.2 Å². The van der Waals surface area contributed by atoms with E-state index in [1.54, 1.807) is 11.0 Å². The highest BCUT2D eigenvalue weighted by atomic mass is 19.4. The second kappa shape index (κ2) is 11.3. The fourth-order valence-corrected chi connectivity index (χ4v) is 5.46. The molecule has 0 bridgehead atoms. The summed E-state index contributed by atoms with van der Waals surface area (Å²) in [4.78, 5) is 30.5. The normalized spacial score (nSPS) is 19.9. The van der Waals surface area contributed by atoms with Crippen molar-refractivity contribution in [1.82, 2.24) is 9.80 Å². The molecule has 1 unspecified atom stereocenters. The third-order valence-electron chi connectivity index (χ3n) is 7.60. The lowest BCUT2D eigenvalue weighted by Gasteiger charge is -2.43. The predicted octanol–water partition coefficient (Wildman–Crippen LogP) is 4.61. The van der Waals surface area contributed by atoms with Crippen LogP contribution in [0.4, 0.5) is 18.9 Å². The van der Waals surface area contributed by atoms with E-state index in [9.17, 15) is 27.9 Å². The molecule has 0 radical (unpaired) electrons. The number of ether oxygens (including phenoxy) is 1. The molecule has 40 heavy (non-hydrogen) atoms. The molecule has 2 aromatic rings. The number of aliphatic carboxylic acids is 1. The number of hydrogen-bond donors (Lipinski definition) is 2. The van der Waals surface area contributed by atoms with Crippen LogP contribution in [-0.2, 0) is 22.6 Å². The van der Waals surface area contributed by atoms with Gasteiger partial charge in [-0.1, -0.05) is 45.0 Å². The summed E-state index contributed by atoms with van der Waals surface area (Å²) >= 11 is 0. The van der Waals surface area contributed by atoms with E-state index >= 15 is 0 Å². The highest BCUT2D eigenvalue weighted by Crippen LogP contribution is 2.41. The minimum Gasteiger partial charge on any atom is -0.481 e. The Bertz CT molecular complexity index is 1200. The van der Waals surface area contributed by atoms with Gasteiger partial charge in [-0.05, 0) is 60.1 Å². The van der Waals surface area contributed by atoms with Crippen molar-refractivity contribution >= 4 is 17.6 Å². The lowest BCUT2D eigenvalue weighted by Crippen LogP contribution is -2.57. The molecule has 2 aliphatic heterocycles. The molecule has 218 valence electrons. The molecule has 2 fully saturated rings. The monoisotopic (exact) mass is 563 g/mol. The number of carbonyl (C=O) groups is 2. The van der Waals surface area contributed by atoms with Crippen molar-refractivity contribution in [2.24, 2.45) is 5.41 Å². The summed E-state index contributed by atoms with van der Waals surface area (Å²) in [5.74, 6) is -1.40. The molecule has 8 nitrogen and oxygen atoms in total. The lowest BCUT2D eigenvalue weighted by atomic mass is 9.85. The number of carboxylic acids is 1. The summed E-state index contributed by atoms with van der Waals surface area (Å²) in [7, 11) is 0. The Morgan fingerprint density at radius 2 is 1.70 bits per heavy atom. The van der Waals surface area contributed by atoms with Crippen LogP contribution in [0.5, 0.6) is 5.75 Å². The van der Waals surface area contributed by atoms with Gasteiger partial charge in [-0.3, -0.25) is 9.59 Å². The number of carboxylic acid groups (broad SMARTS) is 1. The Morgan fingerprint density at radius 3 is 2.27 bits per heavy atom. The molecule has 0 saturated carbocycles. The Labute approximate surface area is 231 Å². The summed E-state index contributed by atoms with van der Waals surface area (Å²) in [6.07, 6.45) is -4.52. The Balaban J connectivity index is 1.56. The first-order valence-corrected chi connectivity index (χ1v) is 13.3. The first-order valence-electron chi connectivity index (χ1n) is 13.3. The standard InChI is InChI=1S/C29H36F3N3O5/c1-27(2,3)11-16-34-25(38)28(12-14-33(15-13-28)22-6-4-5-21(17-22)18-24(36)37)35(26(34)39)19-20-7-9-23(10-8-20)40-29(30,31)32/h4-10,17,26,39H,11-16,18-19H2,1-3H3,(H,36,37). The maximum Gasteiger partial charge on any atom is 0.573 e. The van der Waals surface area contributed by atoms with Gasteiger partial charge >= 0.3 is 12.3 Å². The maximum absolute atomic E-state index is 13.9. The number of anilines is 1. The van der Waals surface area contributed by atoms with Gasteiger partial charge in [-0.15, -0.1) is 13.2 Å². The zero-order chi connectivity index (χ0) is 29.3. The first-order chi connectivity index (χ1) is 18.7. The molecule has 1 spiro atoms. The van der Waals surface area contributed by atoms with Gasteiger partial charge in [0, 0.05) is 31.9 Å². The Morgan fingerprint density at radius 1 is 1.05 bits per heavy atom. The summed E-state index contributed by atoms with van der Waals surface area (Å²) in [6, 6.07) is 12.8. The van der Waals surface area contributed by atoms with Crippen molar-refractivity contribution in [2.45, 2.75) is 71.3 Å². The van der Waals surface area contributed by atoms with Crippen LogP contribution in [0.25, 0.3) is 0 Å². The average Bonchev–Trinajstić information content (AvgIpc) is 3.03. The van der Waals surface area contributed by atoms with Gasteiger partial charge in [0.25, 0.3) is 0 Å². The van der Waals surface area contributed by atoms with Crippen molar-refractivity contribution in [3.05, 3.63) is 59.7 Å². The van der Waals surface area contributed by atoms with Crippen LogP contribution in [-0.4, -0.2) is 69.8 Å². The van der Waals surface area contributed by atoms with E-state index < -0.39 is 24.2 Å². The van der Waals surface area contributed by atoms with Gasteiger partial charge < -0.3 is 24.7 Å². The number of carbonyl (C=O) groups excluding carboxylic acids is 1. The fraction of sp³-hybridized carbons (Fsp3) is 0.517. The number of benzene rings is 2. The SMILES string of the molecule is CC(C)(C)CCN1C(=O)C2(CCN(c3cccc(CC(=O)O)c3)CC2)N(Cc2ccc(OC(F)(F)F)cc2)C1O. The first kappa shape index (κ1) is 29.7. The summed E-state index contributed by atoms with van der Waals surface area (Å²) < 4.78 is 41.8. The van der Waals surface area contributed by atoms with Gasteiger partial charge in [0.05, 0.1) is 6.42 Å². The minimum absolute atomic E-state index is 0.0563. The highest BCUT2D eigenvalue weighted by molar-refractivity contribution is 5.89. The molecule has 2 aliphatic rings. The zero-order valence-electron chi connectivity index (χ0n) is 22.9. The zero-order valence-corrected chi connectivity index (χ0v) is 22.9. The van der Waals surface area contributed by atoms with E-state index in [-0.39, 0.29) is 30.0 Å². The quantitative estimate of drug-likeness (QED) is 0.485. The molecular weight excluding hydrogens is 527 g/mol. The number of hydrogen-bond acceptors (Lipinski definition) is 6. The molecule has 2 heterocycles. The highest BCUT2D eigenvalue weighted by Gasteiger charge is 2.57. The molecule has 0 aliphatic carbocycles. The van der Waals surface area contributed by atoms with Crippen molar-refractivity contribution in [3.63, 3.8) is 0 Å². The van der Waals surface area contributed by atoms with Crippen LogP contribution in [0.2, 0.25) is 0 Å². The van der Waals surface area contributed by atoms with Gasteiger partial charge in [0.15, 0.2) is 6.35 Å². The summed E-state index contributed by atoms with van der Waals surface area (Å²) in [5, 5.41) is 20.5. The molecule has 1 amide bonds. The number of aliphatic hydroxyl groups is 1. The van der Waals surface area contributed by atoms with Crippen LogP contribution < -0.4 is 9.64 Å². The Hall–Kier alpha value is -3.31. The second-order valence-electron chi connectivity index (χ2n) is 11.7.